The van der Waals surface area contributed by atoms with Crippen LogP contribution in [0.2, 0.25) is 0 Å². The molecular formula is C15H16N2O3. The van der Waals surface area contributed by atoms with Gasteiger partial charge in [0.15, 0.2) is 11.5 Å². The molecule has 5 heteroatoms. The molecule has 1 N–H and O–H groups in total. The molecule has 1 aliphatic rings. The van der Waals surface area contributed by atoms with Crippen molar-refractivity contribution >= 4 is 5.69 Å². The lowest BCUT2D eigenvalue weighted by Crippen LogP contribution is -2.11. The van der Waals surface area contributed by atoms with E-state index in [0.29, 0.717) is 17.2 Å². The van der Waals surface area contributed by atoms with Gasteiger partial charge in [-0.05, 0) is 17.2 Å². The third kappa shape index (κ3) is 1.74. The van der Waals surface area contributed by atoms with Crippen LogP contribution in [-0.2, 0) is 6.54 Å². The summed E-state index contributed by atoms with van der Waals surface area (Å²) in [6.07, 6.45) is 3.64. The number of methoxy groups -OCH3 is 3. The molecule has 1 aromatic heterocycles. The maximum Gasteiger partial charge on any atom is 0.204 e. The molecule has 2 heterocycles. The van der Waals surface area contributed by atoms with Crippen LogP contribution in [0.15, 0.2) is 24.5 Å². The highest BCUT2D eigenvalue weighted by atomic mass is 16.5. The van der Waals surface area contributed by atoms with E-state index < -0.39 is 0 Å². The van der Waals surface area contributed by atoms with Crippen molar-refractivity contribution in [2.75, 3.05) is 26.6 Å². The molecule has 1 aliphatic heterocycles. The van der Waals surface area contributed by atoms with Crippen LogP contribution >= 0.6 is 0 Å². The van der Waals surface area contributed by atoms with E-state index in [1.807, 2.05) is 18.3 Å². The van der Waals surface area contributed by atoms with E-state index in [1.165, 1.54) is 0 Å². The van der Waals surface area contributed by atoms with Gasteiger partial charge in [0.05, 0.1) is 26.9 Å². The first-order valence-electron chi connectivity index (χ1n) is 6.30. The highest BCUT2D eigenvalue weighted by Crippen LogP contribution is 2.51. The van der Waals surface area contributed by atoms with Crippen molar-refractivity contribution in [1.29, 1.82) is 0 Å². The number of hydrogen-bond donors (Lipinski definition) is 1. The third-order valence-corrected chi connectivity index (χ3v) is 3.47. The quantitative estimate of drug-likeness (QED) is 0.931. The second kappa shape index (κ2) is 4.92. The fourth-order valence-corrected chi connectivity index (χ4v) is 2.57. The Morgan fingerprint density at radius 1 is 1.10 bits per heavy atom. The Kier molecular flexibility index (Phi) is 3.10. The van der Waals surface area contributed by atoms with Crippen molar-refractivity contribution in [3.63, 3.8) is 0 Å². The van der Waals surface area contributed by atoms with Crippen molar-refractivity contribution in [2.24, 2.45) is 0 Å². The molecule has 0 saturated heterocycles. The summed E-state index contributed by atoms with van der Waals surface area (Å²) in [6.45, 7) is 0.731. The maximum atomic E-state index is 5.57. The van der Waals surface area contributed by atoms with Crippen LogP contribution in [0.25, 0.3) is 11.1 Å². The first-order chi connectivity index (χ1) is 9.80. The van der Waals surface area contributed by atoms with Crippen LogP contribution in [0.5, 0.6) is 17.2 Å². The van der Waals surface area contributed by atoms with Gasteiger partial charge in [-0.2, -0.15) is 0 Å². The monoisotopic (exact) mass is 272 g/mol. The Balaban J connectivity index is 2.33. The summed E-state index contributed by atoms with van der Waals surface area (Å²) < 4.78 is 16.4. The molecule has 104 valence electrons. The van der Waals surface area contributed by atoms with Crippen molar-refractivity contribution in [1.82, 2.24) is 4.98 Å². The number of ether oxygens (including phenoxy) is 3. The van der Waals surface area contributed by atoms with Gasteiger partial charge in [0.2, 0.25) is 5.75 Å². The number of nitrogens with zero attached hydrogens (tertiary/aromatic N) is 1. The zero-order valence-corrected chi connectivity index (χ0v) is 11.7. The SMILES string of the molecule is COc1cc2c(c(OC)c1OC)-c1ccncc1CN2. The molecule has 1 aromatic carbocycles. The lowest BCUT2D eigenvalue weighted by atomic mass is 9.94. The van der Waals surface area contributed by atoms with Gasteiger partial charge in [-0.25, -0.2) is 0 Å². The van der Waals surface area contributed by atoms with E-state index in [0.717, 1.165) is 28.9 Å². The van der Waals surface area contributed by atoms with Crippen molar-refractivity contribution in [3.05, 3.63) is 30.1 Å². The van der Waals surface area contributed by atoms with Crippen LogP contribution in [0.1, 0.15) is 5.56 Å². The summed E-state index contributed by atoms with van der Waals surface area (Å²) in [5.41, 5.74) is 4.18. The van der Waals surface area contributed by atoms with Gasteiger partial charge in [0.25, 0.3) is 0 Å². The molecule has 0 unspecified atom stereocenters. The topological polar surface area (TPSA) is 52.6 Å². The Morgan fingerprint density at radius 3 is 2.60 bits per heavy atom. The fraction of sp³-hybridized carbons (Fsp3) is 0.267. The number of hydrogen-bond acceptors (Lipinski definition) is 5. The zero-order valence-electron chi connectivity index (χ0n) is 11.7. The van der Waals surface area contributed by atoms with Crippen LogP contribution in [-0.4, -0.2) is 26.3 Å². The number of pyridine rings is 1. The second-order valence-electron chi connectivity index (χ2n) is 4.45. The highest BCUT2D eigenvalue weighted by molar-refractivity contribution is 5.91. The van der Waals surface area contributed by atoms with Crippen LogP contribution < -0.4 is 19.5 Å². The van der Waals surface area contributed by atoms with Crippen LogP contribution in [0, 0.1) is 0 Å². The summed E-state index contributed by atoms with van der Waals surface area (Å²) >= 11 is 0. The molecule has 2 aromatic rings. The molecule has 0 radical (unpaired) electrons. The molecule has 0 fully saturated rings. The fourth-order valence-electron chi connectivity index (χ4n) is 2.57. The summed E-state index contributed by atoms with van der Waals surface area (Å²) in [5.74, 6) is 1.91. The first-order valence-corrected chi connectivity index (χ1v) is 6.30. The van der Waals surface area contributed by atoms with E-state index in [9.17, 15) is 0 Å². The minimum atomic E-state index is 0.597. The Hall–Kier alpha value is -2.43. The molecule has 5 nitrogen and oxygen atoms in total. The van der Waals surface area contributed by atoms with E-state index in [-0.39, 0.29) is 0 Å². The number of anilines is 1. The Morgan fingerprint density at radius 2 is 1.90 bits per heavy atom. The molecule has 0 aliphatic carbocycles. The van der Waals surface area contributed by atoms with Gasteiger partial charge in [-0.15, -0.1) is 0 Å². The van der Waals surface area contributed by atoms with Gasteiger partial charge in [0.1, 0.15) is 0 Å². The molecule has 0 bridgehead atoms. The zero-order chi connectivity index (χ0) is 14.1. The van der Waals surface area contributed by atoms with Gasteiger partial charge >= 0.3 is 0 Å². The maximum absolute atomic E-state index is 5.57. The molecule has 3 rings (SSSR count). The number of nitrogens with one attached hydrogen (secondary N) is 1. The van der Waals surface area contributed by atoms with Crippen LogP contribution in [0.4, 0.5) is 5.69 Å². The second-order valence-corrected chi connectivity index (χ2v) is 4.45. The lowest BCUT2D eigenvalue weighted by Gasteiger charge is -2.25. The number of benzene rings is 1. The largest absolute Gasteiger partial charge is 0.493 e. The van der Waals surface area contributed by atoms with E-state index >= 15 is 0 Å². The van der Waals surface area contributed by atoms with Gasteiger partial charge in [0, 0.05) is 30.7 Å². The van der Waals surface area contributed by atoms with Crippen LogP contribution in [0.3, 0.4) is 0 Å². The minimum absolute atomic E-state index is 0.597. The van der Waals surface area contributed by atoms with Crippen molar-refractivity contribution < 1.29 is 14.2 Å². The third-order valence-electron chi connectivity index (χ3n) is 3.47. The first kappa shape index (κ1) is 12.6. The normalized spacial score (nSPS) is 11.9. The van der Waals surface area contributed by atoms with E-state index in [2.05, 4.69) is 10.3 Å². The number of rotatable bonds is 3. The molecule has 20 heavy (non-hydrogen) atoms. The standard InChI is InChI=1S/C15H16N2O3/c1-18-12-6-11-13(15(20-3)14(12)19-2)10-4-5-16-7-9(10)8-17-11/h4-7,17H,8H2,1-3H3. The molecule has 0 atom stereocenters. The van der Waals surface area contributed by atoms with Crippen molar-refractivity contribution in [2.45, 2.75) is 6.54 Å². The molecular weight excluding hydrogens is 256 g/mol. The van der Waals surface area contributed by atoms with Gasteiger partial charge in [-0.1, -0.05) is 0 Å². The number of fused-ring (bicyclic) bond motifs is 3. The van der Waals surface area contributed by atoms with E-state index in [4.69, 9.17) is 14.2 Å². The highest BCUT2D eigenvalue weighted by Gasteiger charge is 2.25. The summed E-state index contributed by atoms with van der Waals surface area (Å²) in [7, 11) is 4.86. The Labute approximate surface area is 117 Å². The summed E-state index contributed by atoms with van der Waals surface area (Å²) in [6, 6.07) is 3.92. The average Bonchev–Trinajstić information content (AvgIpc) is 2.52. The lowest BCUT2D eigenvalue weighted by molar-refractivity contribution is 0.325. The van der Waals surface area contributed by atoms with Gasteiger partial charge < -0.3 is 19.5 Å². The molecule has 0 spiro atoms. The average molecular weight is 272 g/mol. The smallest absolute Gasteiger partial charge is 0.204 e. The predicted molar refractivity (Wildman–Crippen MR) is 76.7 cm³/mol. The Bertz CT molecular complexity index is 656. The predicted octanol–water partition coefficient (Wildman–Crippen LogP) is 2.70. The summed E-state index contributed by atoms with van der Waals surface area (Å²) in [5, 5.41) is 3.36. The molecule has 0 saturated carbocycles. The molecule has 0 amide bonds. The van der Waals surface area contributed by atoms with Crippen molar-refractivity contribution in [3.8, 4) is 28.4 Å². The van der Waals surface area contributed by atoms with Gasteiger partial charge in [-0.3, -0.25) is 4.98 Å². The number of aromatic nitrogens is 1. The van der Waals surface area contributed by atoms with E-state index in [1.54, 1.807) is 27.5 Å². The summed E-state index contributed by atoms with van der Waals surface area (Å²) in [4.78, 5) is 4.17. The minimum Gasteiger partial charge on any atom is -0.493 e.